The summed E-state index contributed by atoms with van der Waals surface area (Å²) >= 11 is 0. The van der Waals surface area contributed by atoms with E-state index in [1.807, 2.05) is 0 Å². The van der Waals surface area contributed by atoms with Crippen molar-refractivity contribution in [1.29, 1.82) is 0 Å². The number of benzene rings is 1. The first-order valence-electron chi connectivity index (χ1n) is 10.1. The number of nitrogens with one attached hydrogen (secondary N) is 1. The molecule has 0 saturated carbocycles. The predicted octanol–water partition coefficient (Wildman–Crippen LogP) is 3.42. The number of halogens is 1. The number of aliphatic imine (C=N–C) groups is 1. The van der Waals surface area contributed by atoms with Crippen LogP contribution in [0.5, 0.6) is 0 Å². The summed E-state index contributed by atoms with van der Waals surface area (Å²) in [6.07, 6.45) is 4.75. The summed E-state index contributed by atoms with van der Waals surface area (Å²) in [5.41, 5.74) is 2.86. The Morgan fingerprint density at radius 3 is 2.63 bits per heavy atom. The fraction of sp³-hybridized carbons (Fsp3) is 0.619. The minimum Gasteiger partial charge on any atom is -0.357 e. The van der Waals surface area contributed by atoms with Gasteiger partial charge in [0.2, 0.25) is 5.91 Å². The first kappa shape index (κ1) is 22.0. The van der Waals surface area contributed by atoms with Crippen molar-refractivity contribution in [1.82, 2.24) is 15.1 Å². The molecule has 0 spiro atoms. The molecule has 1 amide bonds. The first-order valence-corrected chi connectivity index (χ1v) is 10.1. The van der Waals surface area contributed by atoms with Crippen molar-refractivity contribution in [3.63, 3.8) is 0 Å². The van der Waals surface area contributed by atoms with Crippen LogP contribution < -0.4 is 5.32 Å². The molecular formula is C21H33IN4O. The molecule has 2 heterocycles. The third-order valence-electron chi connectivity index (χ3n) is 5.51. The molecule has 27 heavy (non-hydrogen) atoms. The summed E-state index contributed by atoms with van der Waals surface area (Å²) in [6, 6.07) is 9.02. The fourth-order valence-corrected chi connectivity index (χ4v) is 4.06. The SMILES string of the molecule is CCNC(=NCCC(CC)N1CCCC1=O)N1CCc2ccccc2C1.I. The highest BCUT2D eigenvalue weighted by atomic mass is 127. The molecular weight excluding hydrogens is 451 g/mol. The molecule has 3 rings (SSSR count). The molecule has 1 saturated heterocycles. The van der Waals surface area contributed by atoms with Crippen molar-refractivity contribution in [3.05, 3.63) is 35.4 Å². The summed E-state index contributed by atoms with van der Waals surface area (Å²) in [7, 11) is 0. The number of hydrogen-bond acceptors (Lipinski definition) is 2. The average Bonchev–Trinajstić information content (AvgIpc) is 3.10. The van der Waals surface area contributed by atoms with E-state index in [-0.39, 0.29) is 24.0 Å². The summed E-state index contributed by atoms with van der Waals surface area (Å²) in [5, 5.41) is 3.45. The van der Waals surface area contributed by atoms with Crippen molar-refractivity contribution in [2.24, 2.45) is 4.99 Å². The predicted molar refractivity (Wildman–Crippen MR) is 122 cm³/mol. The van der Waals surface area contributed by atoms with Gasteiger partial charge in [-0.3, -0.25) is 9.79 Å². The highest BCUT2D eigenvalue weighted by Gasteiger charge is 2.26. The molecule has 0 radical (unpaired) electrons. The van der Waals surface area contributed by atoms with Crippen molar-refractivity contribution in [3.8, 4) is 0 Å². The minimum absolute atomic E-state index is 0. The lowest BCUT2D eigenvalue weighted by molar-refractivity contribution is -0.129. The molecule has 1 aromatic rings. The molecule has 1 aromatic carbocycles. The standard InChI is InChI=1S/C21H32N4O.HI/c1-3-19(25-14-7-10-20(25)26)11-13-23-21(22-4-2)24-15-12-17-8-5-6-9-18(17)16-24;/h5-6,8-9,19H,3-4,7,10-16H2,1-2H3,(H,22,23);1H. The monoisotopic (exact) mass is 484 g/mol. The molecule has 1 fully saturated rings. The van der Waals surface area contributed by atoms with Crippen LogP contribution in [0.4, 0.5) is 0 Å². The van der Waals surface area contributed by atoms with Crippen LogP contribution in [0.2, 0.25) is 0 Å². The van der Waals surface area contributed by atoms with E-state index >= 15 is 0 Å². The highest BCUT2D eigenvalue weighted by molar-refractivity contribution is 14.0. The Balaban J connectivity index is 0.00000261. The van der Waals surface area contributed by atoms with Gasteiger partial charge in [0, 0.05) is 45.2 Å². The lowest BCUT2D eigenvalue weighted by Crippen LogP contribution is -2.44. The van der Waals surface area contributed by atoms with E-state index < -0.39 is 0 Å². The van der Waals surface area contributed by atoms with Crippen LogP contribution in [0.25, 0.3) is 0 Å². The zero-order valence-electron chi connectivity index (χ0n) is 16.6. The quantitative estimate of drug-likeness (QED) is 0.383. The number of amides is 1. The molecule has 1 N–H and O–H groups in total. The van der Waals surface area contributed by atoms with Crippen molar-refractivity contribution in [2.75, 3.05) is 26.2 Å². The van der Waals surface area contributed by atoms with Gasteiger partial charge in [0.1, 0.15) is 0 Å². The number of nitrogens with zero attached hydrogens (tertiary/aromatic N) is 3. The number of hydrogen-bond donors (Lipinski definition) is 1. The molecule has 6 heteroatoms. The molecule has 150 valence electrons. The zero-order valence-corrected chi connectivity index (χ0v) is 18.9. The third-order valence-corrected chi connectivity index (χ3v) is 5.51. The molecule has 0 aliphatic carbocycles. The normalized spacial score (nSPS) is 18.1. The van der Waals surface area contributed by atoms with Gasteiger partial charge in [-0.15, -0.1) is 24.0 Å². The van der Waals surface area contributed by atoms with E-state index in [0.29, 0.717) is 11.9 Å². The second kappa shape index (κ2) is 10.9. The van der Waals surface area contributed by atoms with Gasteiger partial charge in [-0.2, -0.15) is 0 Å². The maximum Gasteiger partial charge on any atom is 0.222 e. The van der Waals surface area contributed by atoms with Crippen LogP contribution in [0.3, 0.4) is 0 Å². The summed E-state index contributed by atoms with van der Waals surface area (Å²) in [4.78, 5) is 21.3. The number of guanidine groups is 1. The van der Waals surface area contributed by atoms with E-state index in [4.69, 9.17) is 4.99 Å². The average molecular weight is 484 g/mol. The Kier molecular flexibility index (Phi) is 8.86. The van der Waals surface area contributed by atoms with Crippen molar-refractivity contribution >= 4 is 35.8 Å². The molecule has 0 aromatic heterocycles. The molecule has 5 nitrogen and oxygen atoms in total. The number of carbonyl (C=O) groups is 1. The molecule has 1 unspecified atom stereocenters. The molecule has 0 bridgehead atoms. The summed E-state index contributed by atoms with van der Waals surface area (Å²) in [6.45, 7) is 8.78. The van der Waals surface area contributed by atoms with Crippen LogP contribution in [0.1, 0.15) is 50.7 Å². The van der Waals surface area contributed by atoms with Crippen molar-refractivity contribution < 1.29 is 4.79 Å². The lowest BCUT2D eigenvalue weighted by Gasteiger charge is -2.32. The van der Waals surface area contributed by atoms with Gasteiger partial charge >= 0.3 is 0 Å². The van der Waals surface area contributed by atoms with Gasteiger partial charge in [0.25, 0.3) is 0 Å². The zero-order chi connectivity index (χ0) is 18.4. The van der Waals surface area contributed by atoms with Gasteiger partial charge in [0.05, 0.1) is 0 Å². The van der Waals surface area contributed by atoms with E-state index in [2.05, 4.69) is 53.2 Å². The molecule has 1 atom stereocenters. The van der Waals surface area contributed by atoms with Gasteiger partial charge in [-0.25, -0.2) is 0 Å². The summed E-state index contributed by atoms with van der Waals surface area (Å²) in [5.74, 6) is 1.32. The summed E-state index contributed by atoms with van der Waals surface area (Å²) < 4.78 is 0. The largest absolute Gasteiger partial charge is 0.357 e. The Morgan fingerprint density at radius 2 is 1.96 bits per heavy atom. The van der Waals surface area contributed by atoms with Crippen LogP contribution >= 0.6 is 24.0 Å². The smallest absolute Gasteiger partial charge is 0.222 e. The van der Waals surface area contributed by atoms with Crippen LogP contribution in [0, 0.1) is 0 Å². The maximum atomic E-state index is 12.0. The van der Waals surface area contributed by atoms with E-state index in [9.17, 15) is 4.79 Å². The fourth-order valence-electron chi connectivity index (χ4n) is 4.06. The second-order valence-corrected chi connectivity index (χ2v) is 7.22. The van der Waals surface area contributed by atoms with E-state index in [1.165, 1.54) is 11.1 Å². The number of likely N-dealkylation sites (tertiary alicyclic amines) is 1. The third kappa shape index (κ3) is 5.59. The van der Waals surface area contributed by atoms with Gasteiger partial charge in [-0.1, -0.05) is 31.2 Å². The Bertz CT molecular complexity index is 649. The minimum atomic E-state index is 0. The van der Waals surface area contributed by atoms with Crippen LogP contribution in [-0.4, -0.2) is 53.9 Å². The Hall–Kier alpha value is -1.31. The number of fused-ring (bicyclic) bond motifs is 1. The van der Waals surface area contributed by atoms with Gasteiger partial charge in [0.15, 0.2) is 5.96 Å². The van der Waals surface area contributed by atoms with E-state index in [0.717, 1.165) is 70.8 Å². The van der Waals surface area contributed by atoms with Crippen LogP contribution in [0.15, 0.2) is 29.3 Å². The molecule has 2 aliphatic heterocycles. The first-order chi connectivity index (χ1) is 12.7. The number of carbonyl (C=O) groups excluding carboxylic acids is 1. The van der Waals surface area contributed by atoms with Gasteiger partial charge in [-0.05, 0) is 43.7 Å². The Morgan fingerprint density at radius 1 is 1.19 bits per heavy atom. The second-order valence-electron chi connectivity index (χ2n) is 7.22. The Labute approximate surface area is 180 Å². The lowest BCUT2D eigenvalue weighted by atomic mass is 10.0. The van der Waals surface area contributed by atoms with Crippen molar-refractivity contribution in [2.45, 2.75) is 58.5 Å². The van der Waals surface area contributed by atoms with E-state index in [1.54, 1.807) is 0 Å². The van der Waals surface area contributed by atoms with Crippen LogP contribution in [-0.2, 0) is 17.8 Å². The topological polar surface area (TPSA) is 47.9 Å². The molecule has 2 aliphatic rings. The van der Waals surface area contributed by atoms with Gasteiger partial charge < -0.3 is 15.1 Å². The maximum absolute atomic E-state index is 12.0. The highest BCUT2D eigenvalue weighted by Crippen LogP contribution is 2.20. The number of rotatable bonds is 6.